The molecule has 3 aliphatic heterocycles. The zero-order valence-corrected chi connectivity index (χ0v) is 19.9. The van der Waals surface area contributed by atoms with Gasteiger partial charge in [-0.25, -0.2) is 4.39 Å². The van der Waals surface area contributed by atoms with Crippen molar-refractivity contribution in [3.8, 4) is 5.75 Å². The lowest BCUT2D eigenvalue weighted by atomic mass is 9.92. The highest BCUT2D eigenvalue weighted by molar-refractivity contribution is 6.19. The molecule has 2 aromatic rings. The van der Waals surface area contributed by atoms with Gasteiger partial charge in [-0.1, -0.05) is 18.9 Å². The molecule has 0 radical (unpaired) electrons. The summed E-state index contributed by atoms with van der Waals surface area (Å²) >= 11 is 0. The number of hydrogen-bond acceptors (Lipinski definition) is 5. The fraction of sp³-hybridized carbons (Fsp3) is 0.241. The molecular formula is C29H28FN3O3. The maximum absolute atomic E-state index is 13.3. The topological polar surface area (TPSA) is 74.2 Å². The first-order chi connectivity index (χ1) is 17.6. The third kappa shape index (κ3) is 5.25. The van der Waals surface area contributed by atoms with Crippen molar-refractivity contribution < 1.29 is 19.0 Å². The lowest BCUT2D eigenvalue weighted by molar-refractivity contribution is -0.137. The van der Waals surface area contributed by atoms with E-state index in [0.717, 1.165) is 58.7 Å². The number of carbonyl (C=O) groups is 1. The predicted octanol–water partition coefficient (Wildman–Crippen LogP) is 5.61. The van der Waals surface area contributed by atoms with Crippen LogP contribution in [0.15, 0.2) is 95.4 Å². The number of rotatable bonds is 11. The second kappa shape index (κ2) is 10.6. The van der Waals surface area contributed by atoms with Gasteiger partial charge in [0.1, 0.15) is 17.7 Å². The Bertz CT molecular complexity index is 1270. The second-order valence-electron chi connectivity index (χ2n) is 8.95. The van der Waals surface area contributed by atoms with Gasteiger partial charge in [0.2, 0.25) is 0 Å². The van der Waals surface area contributed by atoms with Gasteiger partial charge < -0.3 is 20.1 Å². The summed E-state index contributed by atoms with van der Waals surface area (Å²) in [5.74, 6) is -0.172. The van der Waals surface area contributed by atoms with Crippen molar-refractivity contribution in [2.45, 2.75) is 38.3 Å². The van der Waals surface area contributed by atoms with Crippen molar-refractivity contribution in [3.63, 3.8) is 0 Å². The third-order valence-electron chi connectivity index (χ3n) is 6.42. The van der Waals surface area contributed by atoms with Crippen molar-refractivity contribution in [1.29, 1.82) is 0 Å². The smallest absolute Gasteiger partial charge is 0.303 e. The van der Waals surface area contributed by atoms with Crippen LogP contribution in [0.1, 0.15) is 43.2 Å². The number of nitrogens with zero attached hydrogens (tertiary/aromatic N) is 2. The van der Waals surface area contributed by atoms with Crippen molar-refractivity contribution in [2.24, 2.45) is 4.99 Å². The molecule has 184 valence electrons. The molecule has 1 atom stereocenters. The quantitative estimate of drug-likeness (QED) is 0.405. The summed E-state index contributed by atoms with van der Waals surface area (Å²) in [7, 11) is 0. The average molecular weight is 486 g/mol. The molecule has 0 saturated heterocycles. The summed E-state index contributed by atoms with van der Waals surface area (Å²) in [6.45, 7) is 0.620. The van der Waals surface area contributed by atoms with Crippen LogP contribution in [0.3, 0.4) is 0 Å². The van der Waals surface area contributed by atoms with E-state index in [1.54, 1.807) is 12.1 Å². The molecule has 2 aromatic carbocycles. The van der Waals surface area contributed by atoms with Gasteiger partial charge in [0.15, 0.2) is 0 Å². The number of nitrogens with one attached hydrogen (secondary N) is 1. The monoisotopic (exact) mass is 485 g/mol. The minimum Gasteiger partial charge on any atom is -0.494 e. The van der Waals surface area contributed by atoms with E-state index in [9.17, 15) is 9.18 Å². The number of allylic oxidation sites excluding steroid dienone is 3. The molecule has 3 heterocycles. The lowest BCUT2D eigenvalue weighted by Crippen LogP contribution is -2.33. The van der Waals surface area contributed by atoms with Gasteiger partial charge in [-0.2, -0.15) is 0 Å². The van der Waals surface area contributed by atoms with Crippen LogP contribution in [0.5, 0.6) is 5.75 Å². The van der Waals surface area contributed by atoms with E-state index in [2.05, 4.69) is 45.7 Å². The SMILES string of the molecule is O=C(O)CCCCCCOc1ccc(C2=CNC3C=CC(C4=CN=C4c4ccc(F)cc4)=CN23)cc1. The Balaban J connectivity index is 1.18. The molecule has 7 heteroatoms. The Hall–Kier alpha value is -4.13. The molecule has 0 aromatic heterocycles. The zero-order valence-electron chi connectivity index (χ0n) is 19.9. The number of benzene rings is 2. The molecule has 0 aliphatic carbocycles. The maximum Gasteiger partial charge on any atom is 0.303 e. The van der Waals surface area contributed by atoms with E-state index in [0.29, 0.717) is 13.0 Å². The summed E-state index contributed by atoms with van der Waals surface area (Å²) in [5, 5.41) is 12.1. The zero-order chi connectivity index (χ0) is 24.9. The fourth-order valence-corrected chi connectivity index (χ4v) is 4.43. The van der Waals surface area contributed by atoms with Crippen LogP contribution in [-0.2, 0) is 4.79 Å². The minimum absolute atomic E-state index is 0.0488. The van der Waals surface area contributed by atoms with Gasteiger partial charge in [0.05, 0.1) is 18.0 Å². The van der Waals surface area contributed by atoms with E-state index in [4.69, 9.17) is 9.84 Å². The molecule has 1 unspecified atom stereocenters. The molecule has 5 rings (SSSR count). The van der Waals surface area contributed by atoms with E-state index in [-0.39, 0.29) is 18.4 Å². The number of carboxylic acid groups (broad SMARTS) is 1. The third-order valence-corrected chi connectivity index (χ3v) is 6.42. The Morgan fingerprint density at radius 1 is 1.03 bits per heavy atom. The van der Waals surface area contributed by atoms with Crippen molar-refractivity contribution in [3.05, 3.63) is 107 Å². The number of carboxylic acids is 1. The first-order valence-corrected chi connectivity index (χ1v) is 12.2. The molecule has 0 saturated carbocycles. The summed E-state index contributed by atoms with van der Waals surface area (Å²) < 4.78 is 19.2. The number of hydrogen-bond donors (Lipinski definition) is 2. The van der Waals surface area contributed by atoms with E-state index in [1.807, 2.05) is 24.5 Å². The molecule has 0 spiro atoms. The molecule has 36 heavy (non-hydrogen) atoms. The molecule has 0 amide bonds. The van der Waals surface area contributed by atoms with Crippen LogP contribution >= 0.6 is 0 Å². The summed E-state index contributed by atoms with van der Waals surface area (Å²) in [6, 6.07) is 14.5. The highest BCUT2D eigenvalue weighted by Gasteiger charge is 2.29. The van der Waals surface area contributed by atoms with Crippen LogP contribution in [0.4, 0.5) is 4.39 Å². The number of aliphatic imine (C=N–C) groups is 1. The predicted molar refractivity (Wildman–Crippen MR) is 138 cm³/mol. The van der Waals surface area contributed by atoms with E-state index in [1.165, 1.54) is 12.1 Å². The second-order valence-corrected chi connectivity index (χ2v) is 8.95. The Labute approximate surface area is 209 Å². The van der Waals surface area contributed by atoms with Crippen LogP contribution in [0.25, 0.3) is 5.70 Å². The summed E-state index contributed by atoms with van der Waals surface area (Å²) in [6.07, 6.45) is 14.0. The fourth-order valence-electron chi connectivity index (χ4n) is 4.43. The molecular weight excluding hydrogens is 457 g/mol. The number of aliphatic carboxylic acids is 1. The number of ether oxygens (including phenoxy) is 1. The standard InChI is InChI=1S/C29H28FN3O3/c30-23-11-6-21(7-12-23)29-25(17-32-29)22-10-15-27-31-18-26(33(27)19-22)20-8-13-24(14-9-20)36-16-4-2-1-3-5-28(34)35/h6-15,17-19,27,31H,1-5,16H2,(H,34,35). The summed E-state index contributed by atoms with van der Waals surface area (Å²) in [4.78, 5) is 17.2. The number of fused-ring (bicyclic) bond motifs is 1. The Morgan fingerprint density at radius 2 is 1.78 bits per heavy atom. The minimum atomic E-state index is -0.735. The van der Waals surface area contributed by atoms with E-state index >= 15 is 0 Å². The molecule has 3 aliphatic rings. The Morgan fingerprint density at radius 3 is 2.50 bits per heavy atom. The molecule has 6 nitrogen and oxygen atoms in total. The van der Waals surface area contributed by atoms with Gasteiger partial charge in [0.25, 0.3) is 0 Å². The van der Waals surface area contributed by atoms with Crippen LogP contribution in [0.2, 0.25) is 0 Å². The van der Waals surface area contributed by atoms with Gasteiger partial charge >= 0.3 is 5.97 Å². The first-order valence-electron chi connectivity index (χ1n) is 12.2. The molecule has 2 N–H and O–H groups in total. The largest absolute Gasteiger partial charge is 0.494 e. The average Bonchev–Trinajstić information content (AvgIpc) is 3.28. The molecule has 0 fully saturated rings. The van der Waals surface area contributed by atoms with Gasteiger partial charge in [0, 0.05) is 41.7 Å². The van der Waals surface area contributed by atoms with Crippen molar-refractivity contribution in [1.82, 2.24) is 10.2 Å². The highest BCUT2D eigenvalue weighted by Crippen LogP contribution is 2.34. The van der Waals surface area contributed by atoms with Gasteiger partial charge in [-0.15, -0.1) is 0 Å². The Kier molecular flexibility index (Phi) is 6.98. The summed E-state index contributed by atoms with van der Waals surface area (Å²) in [5.41, 5.74) is 5.99. The van der Waals surface area contributed by atoms with Crippen molar-refractivity contribution >= 4 is 17.4 Å². The maximum atomic E-state index is 13.3. The number of halogens is 1. The highest BCUT2D eigenvalue weighted by atomic mass is 19.1. The van der Waals surface area contributed by atoms with Gasteiger partial charge in [-0.05, 0) is 73.0 Å². The van der Waals surface area contributed by atoms with Crippen LogP contribution in [0, 0.1) is 5.82 Å². The van der Waals surface area contributed by atoms with E-state index < -0.39 is 5.97 Å². The van der Waals surface area contributed by atoms with Crippen LogP contribution < -0.4 is 10.1 Å². The molecule has 0 bridgehead atoms. The lowest BCUT2D eigenvalue weighted by Gasteiger charge is -2.29. The van der Waals surface area contributed by atoms with Crippen LogP contribution in [-0.4, -0.2) is 34.5 Å². The van der Waals surface area contributed by atoms with Gasteiger partial charge in [-0.3, -0.25) is 9.79 Å². The number of unbranched alkanes of at least 4 members (excludes halogenated alkanes) is 3. The van der Waals surface area contributed by atoms with Crippen molar-refractivity contribution in [2.75, 3.05) is 6.61 Å². The first kappa shape index (κ1) is 23.6. The normalized spacial score (nSPS) is 17.8.